The minimum Gasteiger partial charge on any atom is -0.507 e. The molecule has 1 amide bonds. The summed E-state index contributed by atoms with van der Waals surface area (Å²) in [6, 6.07) is 5.43. The second-order valence-electron chi connectivity index (χ2n) is 7.28. The lowest BCUT2D eigenvalue weighted by Gasteiger charge is -2.16. The van der Waals surface area contributed by atoms with Crippen LogP contribution in [0.1, 0.15) is 23.5 Å². The molecule has 1 fully saturated rings. The zero-order valence-electron chi connectivity index (χ0n) is 17.8. The lowest BCUT2D eigenvalue weighted by molar-refractivity contribution is -0.0330. The van der Waals surface area contributed by atoms with Crippen LogP contribution in [0.25, 0.3) is 11.2 Å². The van der Waals surface area contributed by atoms with Crippen molar-refractivity contribution in [2.75, 3.05) is 13.2 Å². The van der Waals surface area contributed by atoms with E-state index in [9.17, 15) is 28.5 Å². The van der Waals surface area contributed by atoms with Gasteiger partial charge in [0.15, 0.2) is 17.4 Å². The van der Waals surface area contributed by atoms with Gasteiger partial charge in [-0.3, -0.25) is 9.36 Å². The van der Waals surface area contributed by atoms with Crippen LogP contribution in [0.2, 0.25) is 0 Å². The number of para-hydroxylation sites is 1. The fourth-order valence-electron chi connectivity index (χ4n) is 3.46. The van der Waals surface area contributed by atoms with E-state index < -0.39 is 47.2 Å². The predicted octanol–water partition coefficient (Wildman–Crippen LogP) is -1.19. The molecule has 0 radical (unpaired) electrons. The highest BCUT2D eigenvalue weighted by Crippen LogP contribution is 2.32. The Balaban J connectivity index is 1.45. The number of fused-ring (bicyclic) bond motifs is 1. The summed E-state index contributed by atoms with van der Waals surface area (Å²) in [6.07, 6.45) is -2.61. The molecule has 0 unspecified atom stereocenters. The average Bonchev–Trinajstić information content (AvgIpc) is 3.34. The van der Waals surface area contributed by atoms with E-state index in [1.165, 1.54) is 41.5 Å². The number of hydrogen-bond acceptors (Lipinski definition) is 11. The van der Waals surface area contributed by atoms with Crippen molar-refractivity contribution in [2.24, 2.45) is 0 Å². The van der Waals surface area contributed by atoms with Gasteiger partial charge in [-0.15, -0.1) is 0 Å². The fraction of sp³-hybridized carbons (Fsp3) is 0.368. The van der Waals surface area contributed by atoms with E-state index >= 15 is 0 Å². The average molecular weight is 494 g/mol. The smallest absolute Gasteiger partial charge is 0.301 e. The lowest BCUT2D eigenvalue weighted by atomic mass is 10.1. The van der Waals surface area contributed by atoms with Crippen molar-refractivity contribution in [2.45, 2.75) is 31.5 Å². The van der Waals surface area contributed by atoms with Gasteiger partial charge in [0.2, 0.25) is 5.88 Å². The zero-order valence-corrected chi connectivity index (χ0v) is 18.6. The number of hydrogen-bond donors (Lipinski definition) is 5. The third kappa shape index (κ3) is 4.64. The molecule has 1 aliphatic heterocycles. The first-order chi connectivity index (χ1) is 16.2. The SMILES string of the molecule is CCOc1ncnc2c1ncn2[C@@H]1O[C@H](CNS(=O)(=O)NC(=O)c2ccccc2O)[C@@H](O)[C@H]1O. The van der Waals surface area contributed by atoms with Gasteiger partial charge in [-0.25, -0.2) is 14.7 Å². The molecule has 1 aliphatic rings. The number of aliphatic hydroxyl groups excluding tert-OH is 2. The normalized spacial score (nSPS) is 22.7. The third-order valence-electron chi connectivity index (χ3n) is 5.07. The Morgan fingerprint density at radius 2 is 1.97 bits per heavy atom. The first-order valence-corrected chi connectivity index (χ1v) is 11.6. The zero-order chi connectivity index (χ0) is 24.5. The first-order valence-electron chi connectivity index (χ1n) is 10.1. The maximum atomic E-state index is 12.3. The van der Waals surface area contributed by atoms with Gasteiger partial charge in [-0.2, -0.15) is 18.1 Å². The number of nitrogens with zero attached hydrogens (tertiary/aromatic N) is 4. The second kappa shape index (κ2) is 9.47. The van der Waals surface area contributed by atoms with Crippen LogP contribution in [0, 0.1) is 0 Å². The molecule has 1 aromatic carbocycles. The Morgan fingerprint density at radius 1 is 1.21 bits per heavy atom. The van der Waals surface area contributed by atoms with E-state index in [1.807, 2.05) is 0 Å². The predicted molar refractivity (Wildman–Crippen MR) is 115 cm³/mol. The summed E-state index contributed by atoms with van der Waals surface area (Å²) >= 11 is 0. The number of aromatic hydroxyl groups is 1. The molecule has 5 N–H and O–H groups in total. The molecule has 0 aliphatic carbocycles. The molecular weight excluding hydrogens is 472 g/mol. The van der Waals surface area contributed by atoms with Gasteiger partial charge < -0.3 is 24.8 Å². The number of imidazole rings is 1. The molecule has 4 rings (SSSR count). The number of ether oxygens (including phenoxy) is 2. The van der Waals surface area contributed by atoms with Gasteiger partial charge in [0.25, 0.3) is 5.91 Å². The number of phenolic OH excluding ortho intramolecular Hbond substituents is 1. The molecule has 15 heteroatoms. The molecule has 2 aromatic heterocycles. The van der Waals surface area contributed by atoms with Crippen LogP contribution in [0.3, 0.4) is 0 Å². The Bertz CT molecular complexity index is 1300. The van der Waals surface area contributed by atoms with Gasteiger partial charge in [0.1, 0.15) is 30.4 Å². The van der Waals surface area contributed by atoms with E-state index in [2.05, 4.69) is 19.7 Å². The van der Waals surface area contributed by atoms with Gasteiger partial charge >= 0.3 is 10.2 Å². The minimum absolute atomic E-state index is 0.235. The largest absolute Gasteiger partial charge is 0.507 e. The molecule has 3 aromatic rings. The summed E-state index contributed by atoms with van der Waals surface area (Å²) in [6.45, 7) is 1.66. The number of carbonyl (C=O) groups is 1. The highest BCUT2D eigenvalue weighted by Gasteiger charge is 2.44. The van der Waals surface area contributed by atoms with E-state index in [0.29, 0.717) is 12.1 Å². The topological polar surface area (TPSA) is 198 Å². The fourth-order valence-corrected chi connectivity index (χ4v) is 4.27. The van der Waals surface area contributed by atoms with Crippen LogP contribution >= 0.6 is 0 Å². The van der Waals surface area contributed by atoms with Crippen molar-refractivity contribution in [3.63, 3.8) is 0 Å². The molecule has 1 saturated heterocycles. The molecule has 0 spiro atoms. The first kappa shape index (κ1) is 23.8. The van der Waals surface area contributed by atoms with Gasteiger partial charge in [-0.1, -0.05) is 12.1 Å². The van der Waals surface area contributed by atoms with Crippen LogP contribution in [0.15, 0.2) is 36.9 Å². The highest BCUT2D eigenvalue weighted by molar-refractivity contribution is 7.88. The molecular formula is C19H22N6O8S. The van der Waals surface area contributed by atoms with Gasteiger partial charge in [-0.05, 0) is 19.1 Å². The number of nitrogens with one attached hydrogen (secondary N) is 2. The lowest BCUT2D eigenvalue weighted by Crippen LogP contribution is -2.45. The summed E-state index contributed by atoms with van der Waals surface area (Å²) in [4.78, 5) is 24.5. The van der Waals surface area contributed by atoms with E-state index in [4.69, 9.17) is 9.47 Å². The van der Waals surface area contributed by atoms with Crippen molar-refractivity contribution in [1.29, 1.82) is 0 Å². The molecule has 0 bridgehead atoms. The van der Waals surface area contributed by atoms with Crippen molar-refractivity contribution in [1.82, 2.24) is 29.0 Å². The summed E-state index contributed by atoms with van der Waals surface area (Å²) in [7, 11) is -4.38. The monoisotopic (exact) mass is 494 g/mol. The standard InChI is InChI=1S/C19H22N6O8S/c1-2-32-18-13-16(20-8-21-18)25(9-22-13)19-15(28)14(27)12(33-19)7-23-34(30,31)24-17(29)10-5-3-4-6-11(10)26/h3-6,8-9,12,14-15,19,23,26-28H,2,7H2,1H3,(H,24,29)/t12-,14-,15-,19-/m1/s1. The van der Waals surface area contributed by atoms with Crippen LogP contribution in [0.4, 0.5) is 0 Å². The molecule has 4 atom stereocenters. The number of aliphatic hydroxyl groups is 2. The number of carbonyl (C=O) groups excluding carboxylic acids is 1. The van der Waals surface area contributed by atoms with Crippen molar-refractivity contribution < 1.29 is 38.0 Å². The maximum Gasteiger partial charge on any atom is 0.301 e. The van der Waals surface area contributed by atoms with Gasteiger partial charge in [0.05, 0.1) is 18.5 Å². The summed E-state index contributed by atoms with van der Waals surface area (Å²) < 4.78 is 40.9. The van der Waals surface area contributed by atoms with E-state index in [1.54, 1.807) is 11.6 Å². The Labute approximate surface area is 193 Å². The number of benzene rings is 1. The summed E-state index contributed by atoms with van der Waals surface area (Å²) in [5.74, 6) is -1.20. The van der Waals surface area contributed by atoms with Crippen molar-refractivity contribution >= 4 is 27.3 Å². The minimum atomic E-state index is -4.38. The third-order valence-corrected chi connectivity index (χ3v) is 6.07. The van der Waals surface area contributed by atoms with Crippen LogP contribution in [-0.2, 0) is 14.9 Å². The van der Waals surface area contributed by atoms with Crippen molar-refractivity contribution in [3.8, 4) is 11.6 Å². The quantitative estimate of drug-likeness (QED) is 0.252. The Morgan fingerprint density at radius 3 is 2.71 bits per heavy atom. The Kier molecular flexibility index (Phi) is 6.63. The maximum absolute atomic E-state index is 12.3. The Hall–Kier alpha value is -3.37. The number of phenols is 1. The number of rotatable bonds is 8. The number of amides is 1. The van der Waals surface area contributed by atoms with E-state index in [0.717, 1.165) is 0 Å². The summed E-state index contributed by atoms with van der Waals surface area (Å²) in [5.41, 5.74) is 0.373. The molecule has 182 valence electrons. The molecule has 3 heterocycles. The van der Waals surface area contributed by atoms with Crippen LogP contribution in [0.5, 0.6) is 11.6 Å². The van der Waals surface area contributed by atoms with Crippen LogP contribution in [-0.4, -0.2) is 80.6 Å². The molecule has 0 saturated carbocycles. The molecule has 14 nitrogen and oxygen atoms in total. The second-order valence-corrected chi connectivity index (χ2v) is 8.78. The van der Waals surface area contributed by atoms with E-state index in [-0.39, 0.29) is 22.8 Å². The highest BCUT2D eigenvalue weighted by atomic mass is 32.2. The van der Waals surface area contributed by atoms with Gasteiger partial charge in [0, 0.05) is 6.54 Å². The van der Waals surface area contributed by atoms with Crippen molar-refractivity contribution in [3.05, 3.63) is 42.5 Å². The summed E-state index contributed by atoms with van der Waals surface area (Å²) in [5, 5.41) is 30.6. The molecule has 34 heavy (non-hydrogen) atoms. The van der Waals surface area contributed by atoms with Crippen LogP contribution < -0.4 is 14.2 Å². The number of aromatic nitrogens is 4.